The van der Waals surface area contributed by atoms with Crippen LogP contribution in [0.5, 0.6) is 0 Å². The summed E-state index contributed by atoms with van der Waals surface area (Å²) in [6.07, 6.45) is 4.50. The van der Waals surface area contributed by atoms with Gasteiger partial charge >= 0.3 is 0 Å². The molecule has 3 nitrogen and oxygen atoms in total. The van der Waals surface area contributed by atoms with Crippen molar-refractivity contribution in [3.8, 4) is 6.07 Å². The topological polar surface area (TPSA) is 48.7 Å². The Morgan fingerprint density at radius 3 is 3.08 bits per heavy atom. The molecule has 1 aromatic rings. The van der Waals surface area contributed by atoms with Crippen LogP contribution in [0.4, 0.5) is 5.69 Å². The molecule has 1 aliphatic carbocycles. The smallest absolute Gasteiger partial charge is 0.103 e. The first kappa shape index (κ1) is 8.06. The van der Waals surface area contributed by atoms with Gasteiger partial charge in [-0.25, -0.2) is 0 Å². The number of nitrogens with zero attached hydrogens (tertiary/aromatic N) is 2. The maximum absolute atomic E-state index is 8.79. The molecule has 1 aromatic heterocycles. The molecule has 0 radical (unpaired) electrons. The molecule has 13 heavy (non-hydrogen) atoms. The van der Waals surface area contributed by atoms with Crippen LogP contribution in [0.15, 0.2) is 18.5 Å². The first-order valence-electron chi connectivity index (χ1n) is 4.42. The van der Waals surface area contributed by atoms with Gasteiger partial charge in [0.25, 0.3) is 0 Å². The molecule has 0 saturated heterocycles. The van der Waals surface area contributed by atoms with Crippen LogP contribution < -0.4 is 5.32 Å². The van der Waals surface area contributed by atoms with Gasteiger partial charge in [-0.2, -0.15) is 5.26 Å². The summed E-state index contributed by atoms with van der Waals surface area (Å²) < 4.78 is 0. The van der Waals surface area contributed by atoms with E-state index in [0.717, 1.165) is 11.6 Å². The quantitative estimate of drug-likeness (QED) is 0.741. The van der Waals surface area contributed by atoms with Gasteiger partial charge in [0.05, 0.1) is 11.3 Å². The van der Waals surface area contributed by atoms with E-state index in [0.29, 0.717) is 11.6 Å². The normalized spacial score (nSPS) is 24.9. The van der Waals surface area contributed by atoms with E-state index < -0.39 is 0 Å². The molecule has 66 valence electrons. The highest BCUT2D eigenvalue weighted by Gasteiger charge is 2.32. The Kier molecular flexibility index (Phi) is 1.90. The Morgan fingerprint density at radius 2 is 2.46 bits per heavy atom. The van der Waals surface area contributed by atoms with E-state index in [4.69, 9.17) is 5.26 Å². The van der Waals surface area contributed by atoms with Crippen LogP contribution in [-0.2, 0) is 0 Å². The fourth-order valence-corrected chi connectivity index (χ4v) is 1.33. The largest absolute Gasteiger partial charge is 0.381 e. The third-order valence-corrected chi connectivity index (χ3v) is 2.39. The van der Waals surface area contributed by atoms with Crippen molar-refractivity contribution in [1.82, 2.24) is 4.98 Å². The van der Waals surface area contributed by atoms with Crippen molar-refractivity contribution < 1.29 is 0 Å². The van der Waals surface area contributed by atoms with E-state index in [1.165, 1.54) is 6.42 Å². The van der Waals surface area contributed by atoms with Crippen LogP contribution in [-0.4, -0.2) is 11.0 Å². The lowest BCUT2D eigenvalue weighted by atomic mass is 10.2. The first-order valence-corrected chi connectivity index (χ1v) is 4.42. The summed E-state index contributed by atoms with van der Waals surface area (Å²) in [6.45, 7) is 2.20. The van der Waals surface area contributed by atoms with Gasteiger partial charge in [0.2, 0.25) is 0 Å². The van der Waals surface area contributed by atoms with E-state index >= 15 is 0 Å². The molecule has 1 aliphatic rings. The number of hydrogen-bond acceptors (Lipinski definition) is 3. The molecular weight excluding hydrogens is 162 g/mol. The molecule has 2 unspecified atom stereocenters. The van der Waals surface area contributed by atoms with Gasteiger partial charge in [-0.1, -0.05) is 6.92 Å². The standard InChI is InChI=1S/C10H11N3/c1-7-4-10(7)13-9-2-3-12-6-8(9)5-11/h2-3,6-7,10H,4H2,1H3,(H,12,13). The second-order valence-electron chi connectivity index (χ2n) is 3.50. The molecule has 0 amide bonds. The van der Waals surface area contributed by atoms with E-state index in [9.17, 15) is 0 Å². The van der Waals surface area contributed by atoms with Crippen molar-refractivity contribution in [3.05, 3.63) is 24.0 Å². The van der Waals surface area contributed by atoms with Crippen molar-refractivity contribution in [3.63, 3.8) is 0 Å². The molecule has 1 fully saturated rings. The average molecular weight is 173 g/mol. The zero-order chi connectivity index (χ0) is 9.26. The summed E-state index contributed by atoms with van der Waals surface area (Å²) in [4.78, 5) is 3.90. The van der Waals surface area contributed by atoms with Gasteiger partial charge in [-0.15, -0.1) is 0 Å². The third-order valence-electron chi connectivity index (χ3n) is 2.39. The van der Waals surface area contributed by atoms with Crippen molar-refractivity contribution in [2.24, 2.45) is 5.92 Å². The number of hydrogen-bond donors (Lipinski definition) is 1. The zero-order valence-corrected chi connectivity index (χ0v) is 7.49. The van der Waals surface area contributed by atoms with E-state index in [-0.39, 0.29) is 0 Å². The lowest BCUT2D eigenvalue weighted by Crippen LogP contribution is -2.05. The monoisotopic (exact) mass is 173 g/mol. The van der Waals surface area contributed by atoms with Crippen LogP contribution in [0.3, 0.4) is 0 Å². The van der Waals surface area contributed by atoms with Gasteiger partial charge in [0.1, 0.15) is 6.07 Å². The zero-order valence-electron chi connectivity index (χ0n) is 7.49. The number of aromatic nitrogens is 1. The van der Waals surface area contributed by atoms with Crippen LogP contribution in [0.2, 0.25) is 0 Å². The van der Waals surface area contributed by atoms with E-state index in [2.05, 4.69) is 23.3 Å². The maximum atomic E-state index is 8.79. The Morgan fingerprint density at radius 1 is 1.69 bits per heavy atom. The van der Waals surface area contributed by atoms with Gasteiger partial charge in [-0.3, -0.25) is 4.98 Å². The first-order chi connectivity index (χ1) is 6.31. The maximum Gasteiger partial charge on any atom is 0.103 e. The molecule has 0 spiro atoms. The van der Waals surface area contributed by atoms with Gasteiger partial charge in [0, 0.05) is 18.4 Å². The van der Waals surface area contributed by atoms with Crippen molar-refractivity contribution in [2.75, 3.05) is 5.32 Å². The van der Waals surface area contributed by atoms with Crippen LogP contribution in [0.1, 0.15) is 18.9 Å². The van der Waals surface area contributed by atoms with Crippen LogP contribution >= 0.6 is 0 Å². The summed E-state index contributed by atoms with van der Waals surface area (Å²) in [6, 6.07) is 4.52. The SMILES string of the molecule is CC1CC1Nc1ccncc1C#N. The lowest BCUT2D eigenvalue weighted by Gasteiger charge is -2.05. The number of rotatable bonds is 2. The molecule has 0 aromatic carbocycles. The Balaban J connectivity index is 2.15. The highest BCUT2D eigenvalue weighted by molar-refractivity contribution is 5.56. The Hall–Kier alpha value is -1.56. The summed E-state index contributed by atoms with van der Waals surface area (Å²) in [7, 11) is 0. The molecular formula is C10H11N3. The second-order valence-corrected chi connectivity index (χ2v) is 3.50. The number of nitriles is 1. The minimum absolute atomic E-state index is 0.550. The van der Waals surface area contributed by atoms with Gasteiger partial charge in [0.15, 0.2) is 0 Å². The Labute approximate surface area is 77.4 Å². The Bertz CT molecular complexity index is 353. The highest BCUT2D eigenvalue weighted by Crippen LogP contribution is 2.33. The predicted molar refractivity (Wildman–Crippen MR) is 50.1 cm³/mol. The minimum Gasteiger partial charge on any atom is -0.381 e. The van der Waals surface area contributed by atoms with Crippen molar-refractivity contribution in [2.45, 2.75) is 19.4 Å². The summed E-state index contributed by atoms with van der Waals surface area (Å²) in [5.41, 5.74) is 1.54. The van der Waals surface area contributed by atoms with Crippen molar-refractivity contribution >= 4 is 5.69 Å². The molecule has 1 heterocycles. The number of anilines is 1. The molecule has 2 atom stereocenters. The highest BCUT2D eigenvalue weighted by atomic mass is 15.0. The summed E-state index contributed by atoms with van der Waals surface area (Å²) in [5, 5.41) is 12.1. The minimum atomic E-state index is 0.550. The predicted octanol–water partition coefficient (Wildman–Crippen LogP) is 1.77. The fourth-order valence-electron chi connectivity index (χ4n) is 1.33. The van der Waals surface area contributed by atoms with E-state index in [1.807, 2.05) is 6.07 Å². The summed E-state index contributed by atoms with van der Waals surface area (Å²) >= 11 is 0. The van der Waals surface area contributed by atoms with Crippen LogP contribution in [0, 0.1) is 17.2 Å². The van der Waals surface area contributed by atoms with Gasteiger partial charge in [-0.05, 0) is 18.4 Å². The molecule has 1 saturated carbocycles. The molecule has 0 bridgehead atoms. The molecule has 0 aliphatic heterocycles. The molecule has 1 N–H and O–H groups in total. The number of nitrogens with one attached hydrogen (secondary N) is 1. The summed E-state index contributed by atoms with van der Waals surface area (Å²) in [5.74, 6) is 0.736. The van der Waals surface area contributed by atoms with Gasteiger partial charge < -0.3 is 5.32 Å². The molecule has 3 heteroatoms. The lowest BCUT2D eigenvalue weighted by molar-refractivity contribution is 0.928. The molecule has 2 rings (SSSR count). The van der Waals surface area contributed by atoms with Crippen molar-refractivity contribution in [1.29, 1.82) is 5.26 Å². The fraction of sp³-hybridized carbons (Fsp3) is 0.400. The third kappa shape index (κ3) is 1.62. The number of pyridine rings is 1. The average Bonchev–Trinajstić information content (AvgIpc) is 2.83. The van der Waals surface area contributed by atoms with E-state index in [1.54, 1.807) is 12.4 Å². The second kappa shape index (κ2) is 3.06. The van der Waals surface area contributed by atoms with Crippen LogP contribution in [0.25, 0.3) is 0 Å².